The fourth-order valence-corrected chi connectivity index (χ4v) is 6.94. The van der Waals surface area contributed by atoms with Crippen molar-refractivity contribution in [3.05, 3.63) is 114 Å². The van der Waals surface area contributed by atoms with E-state index in [1.807, 2.05) is 6.20 Å². The lowest BCUT2D eigenvalue weighted by Gasteiger charge is -2.26. The van der Waals surface area contributed by atoms with Crippen LogP contribution >= 0.6 is 0 Å². The van der Waals surface area contributed by atoms with Crippen molar-refractivity contribution < 1.29 is 4.74 Å². The molecular weight excluding hydrogens is 589 g/mol. The zero-order valence-corrected chi connectivity index (χ0v) is 30.1. The summed E-state index contributed by atoms with van der Waals surface area (Å²) in [5.74, 6) is 2.57. The van der Waals surface area contributed by atoms with Gasteiger partial charge in [0.15, 0.2) is 0 Å². The molecule has 0 saturated heterocycles. The minimum Gasteiger partial charge on any atom is -0.457 e. The standard InChI is InChI=1S/C43H48N4O/c1-41(2,3)28-19-20-44-39(23-28)47-35-16-12-11-15-33(35)40-34(43(7,8)9)25-32(26-38(40)47)48-31-22-29(42(4,5)6)21-30(24-31)46-27-45(10)36-17-13-14-18-37(36)46/h11-26H,27H2,1-10H3. The van der Waals surface area contributed by atoms with E-state index in [-0.39, 0.29) is 16.2 Å². The number of pyridine rings is 1. The van der Waals surface area contributed by atoms with Crippen LogP contribution in [0.5, 0.6) is 11.5 Å². The Hall–Kier alpha value is -4.77. The quantitative estimate of drug-likeness (QED) is 0.193. The van der Waals surface area contributed by atoms with Crippen LogP contribution in [0.15, 0.2) is 97.2 Å². The van der Waals surface area contributed by atoms with Crippen LogP contribution in [-0.4, -0.2) is 23.3 Å². The monoisotopic (exact) mass is 636 g/mol. The Morgan fingerprint density at radius 3 is 2.00 bits per heavy atom. The van der Waals surface area contributed by atoms with Gasteiger partial charge in [0, 0.05) is 41.8 Å². The maximum atomic E-state index is 6.96. The molecule has 0 amide bonds. The van der Waals surface area contributed by atoms with Crippen molar-refractivity contribution in [1.29, 1.82) is 0 Å². The molecule has 7 rings (SSSR count). The first kappa shape index (κ1) is 31.8. The highest BCUT2D eigenvalue weighted by Crippen LogP contribution is 2.45. The van der Waals surface area contributed by atoms with Crippen LogP contribution in [0.25, 0.3) is 27.6 Å². The van der Waals surface area contributed by atoms with Crippen LogP contribution in [-0.2, 0) is 16.2 Å². The molecule has 1 aliphatic rings. The van der Waals surface area contributed by atoms with E-state index in [9.17, 15) is 0 Å². The third-order valence-corrected chi connectivity index (χ3v) is 9.64. The Kier molecular flexibility index (Phi) is 7.39. The van der Waals surface area contributed by atoms with E-state index < -0.39 is 0 Å². The van der Waals surface area contributed by atoms with Gasteiger partial charge < -0.3 is 14.5 Å². The Morgan fingerprint density at radius 1 is 0.625 bits per heavy atom. The number of benzene rings is 4. The number of rotatable bonds is 4. The topological polar surface area (TPSA) is 33.5 Å². The number of hydrogen-bond acceptors (Lipinski definition) is 4. The molecule has 0 spiro atoms. The van der Waals surface area contributed by atoms with Crippen LogP contribution in [0.1, 0.15) is 79.0 Å². The summed E-state index contributed by atoms with van der Waals surface area (Å²) in [7, 11) is 2.15. The van der Waals surface area contributed by atoms with Crippen LogP contribution < -0.4 is 14.5 Å². The molecule has 3 heterocycles. The summed E-state index contributed by atoms with van der Waals surface area (Å²) in [4.78, 5) is 9.61. The molecule has 0 atom stereocenters. The maximum absolute atomic E-state index is 6.96. The molecule has 0 aliphatic carbocycles. The van der Waals surface area contributed by atoms with Crippen molar-refractivity contribution in [2.75, 3.05) is 23.5 Å². The maximum Gasteiger partial charge on any atom is 0.137 e. The van der Waals surface area contributed by atoms with Gasteiger partial charge in [0.25, 0.3) is 0 Å². The number of fused-ring (bicyclic) bond motifs is 4. The van der Waals surface area contributed by atoms with Crippen molar-refractivity contribution in [1.82, 2.24) is 9.55 Å². The molecule has 5 nitrogen and oxygen atoms in total. The molecule has 0 N–H and O–H groups in total. The summed E-state index contributed by atoms with van der Waals surface area (Å²) in [6, 6.07) is 32.8. The molecular formula is C43H48N4O. The summed E-state index contributed by atoms with van der Waals surface area (Å²) in [5.41, 5.74) is 9.36. The lowest BCUT2D eigenvalue weighted by Crippen LogP contribution is -2.24. The molecule has 246 valence electrons. The molecule has 48 heavy (non-hydrogen) atoms. The smallest absolute Gasteiger partial charge is 0.137 e. The van der Waals surface area contributed by atoms with Gasteiger partial charge in [-0.1, -0.05) is 92.6 Å². The summed E-state index contributed by atoms with van der Waals surface area (Å²) in [6.07, 6.45) is 1.94. The predicted molar refractivity (Wildman–Crippen MR) is 203 cm³/mol. The predicted octanol–water partition coefficient (Wildman–Crippen LogP) is 11.4. The van der Waals surface area contributed by atoms with E-state index in [0.29, 0.717) is 0 Å². The van der Waals surface area contributed by atoms with Gasteiger partial charge in [-0.3, -0.25) is 4.57 Å². The van der Waals surface area contributed by atoms with E-state index in [4.69, 9.17) is 9.72 Å². The van der Waals surface area contributed by atoms with Crippen molar-refractivity contribution in [3.8, 4) is 17.3 Å². The van der Waals surface area contributed by atoms with Crippen LogP contribution in [0.4, 0.5) is 17.1 Å². The first-order valence-electron chi connectivity index (χ1n) is 17.1. The molecule has 2 aromatic heterocycles. The summed E-state index contributed by atoms with van der Waals surface area (Å²) >= 11 is 0. The fourth-order valence-electron chi connectivity index (χ4n) is 6.94. The Bertz CT molecular complexity index is 2170. The normalized spacial score (nSPS) is 13.9. The van der Waals surface area contributed by atoms with E-state index in [1.165, 1.54) is 38.8 Å². The van der Waals surface area contributed by atoms with Gasteiger partial charge in [-0.15, -0.1) is 0 Å². The largest absolute Gasteiger partial charge is 0.457 e. The highest BCUT2D eigenvalue weighted by atomic mass is 16.5. The average Bonchev–Trinajstić information content (AvgIpc) is 3.54. The number of anilines is 3. The molecule has 0 unspecified atom stereocenters. The van der Waals surface area contributed by atoms with Crippen molar-refractivity contribution >= 4 is 38.9 Å². The molecule has 4 aromatic carbocycles. The second-order valence-electron chi connectivity index (χ2n) is 16.4. The Morgan fingerprint density at radius 2 is 1.29 bits per heavy atom. The van der Waals surface area contributed by atoms with E-state index in [0.717, 1.165) is 40.7 Å². The third-order valence-electron chi connectivity index (χ3n) is 9.64. The Balaban J connectivity index is 1.43. The number of para-hydroxylation sites is 3. The highest BCUT2D eigenvalue weighted by Gasteiger charge is 2.28. The second-order valence-corrected chi connectivity index (χ2v) is 16.4. The zero-order valence-electron chi connectivity index (χ0n) is 30.1. The lowest BCUT2D eigenvalue weighted by atomic mass is 9.84. The minimum atomic E-state index is -0.129. The van der Waals surface area contributed by atoms with E-state index in [2.05, 4.69) is 175 Å². The first-order valence-corrected chi connectivity index (χ1v) is 17.1. The fraction of sp³-hybridized carbons (Fsp3) is 0.326. The molecule has 0 bridgehead atoms. The second kappa shape index (κ2) is 11.2. The Labute approximate surface area is 285 Å². The van der Waals surface area contributed by atoms with Gasteiger partial charge in [0.1, 0.15) is 17.3 Å². The van der Waals surface area contributed by atoms with Crippen LogP contribution in [0.2, 0.25) is 0 Å². The SMILES string of the molecule is CN1CN(c2cc(Oc3cc(C(C)(C)C)c4c5ccccc5n(-c5cc(C(C)(C)C)ccn5)c4c3)cc(C(C)(C)C)c2)c2ccccc21. The van der Waals surface area contributed by atoms with Crippen LogP contribution in [0, 0.1) is 0 Å². The lowest BCUT2D eigenvalue weighted by molar-refractivity contribution is 0.476. The van der Waals surface area contributed by atoms with Gasteiger partial charge >= 0.3 is 0 Å². The average molecular weight is 637 g/mol. The number of nitrogens with zero attached hydrogens (tertiary/aromatic N) is 4. The van der Waals surface area contributed by atoms with Gasteiger partial charge in [-0.2, -0.15) is 0 Å². The van der Waals surface area contributed by atoms with Crippen molar-refractivity contribution in [2.24, 2.45) is 0 Å². The number of hydrogen-bond donors (Lipinski definition) is 0. The first-order chi connectivity index (χ1) is 22.6. The molecule has 1 aliphatic heterocycles. The van der Waals surface area contributed by atoms with Gasteiger partial charge in [0.05, 0.1) is 29.1 Å². The minimum absolute atomic E-state index is 0.00172. The zero-order chi connectivity index (χ0) is 34.2. The molecule has 0 fully saturated rings. The number of aromatic nitrogens is 2. The molecule has 0 saturated carbocycles. The summed E-state index contributed by atoms with van der Waals surface area (Å²) in [6.45, 7) is 21.2. The molecule has 5 heteroatoms. The van der Waals surface area contributed by atoms with Gasteiger partial charge in [0.2, 0.25) is 0 Å². The van der Waals surface area contributed by atoms with Gasteiger partial charge in [-0.25, -0.2) is 4.98 Å². The van der Waals surface area contributed by atoms with Crippen molar-refractivity contribution in [3.63, 3.8) is 0 Å². The third kappa shape index (κ3) is 5.59. The summed E-state index contributed by atoms with van der Waals surface area (Å²) < 4.78 is 9.28. The molecule has 0 radical (unpaired) electrons. The van der Waals surface area contributed by atoms with E-state index in [1.54, 1.807) is 0 Å². The van der Waals surface area contributed by atoms with Crippen LogP contribution in [0.3, 0.4) is 0 Å². The number of ether oxygens (including phenoxy) is 1. The summed E-state index contributed by atoms with van der Waals surface area (Å²) in [5, 5.41) is 2.47. The molecule has 6 aromatic rings. The van der Waals surface area contributed by atoms with Crippen molar-refractivity contribution in [2.45, 2.75) is 78.6 Å². The highest BCUT2D eigenvalue weighted by molar-refractivity contribution is 6.11. The van der Waals surface area contributed by atoms with E-state index >= 15 is 0 Å². The van der Waals surface area contributed by atoms with Gasteiger partial charge in [-0.05, 0) is 81.5 Å².